The summed E-state index contributed by atoms with van der Waals surface area (Å²) in [4.78, 5) is 1.17. The summed E-state index contributed by atoms with van der Waals surface area (Å²) in [5.74, 6) is 0.901. The smallest absolute Gasteiger partial charge is 0.119 e. The zero-order valence-electron chi connectivity index (χ0n) is 12.4. The molecule has 1 unspecified atom stereocenters. The number of rotatable bonds is 6. The molecular weight excluding hydrogens is 270 g/mol. The molecule has 2 aromatic rings. The monoisotopic (exact) mass is 291 g/mol. The average Bonchev–Trinajstić information content (AvgIpc) is 2.83. The summed E-state index contributed by atoms with van der Waals surface area (Å²) >= 11 is 1.45. The van der Waals surface area contributed by atoms with E-state index in [-0.39, 0.29) is 12.1 Å². The molecule has 0 aliphatic carbocycles. The Morgan fingerprint density at radius 1 is 1.25 bits per heavy atom. The Balaban J connectivity index is 2.24. The highest BCUT2D eigenvalue weighted by atomic mass is 32.1. The van der Waals surface area contributed by atoms with Crippen molar-refractivity contribution in [1.29, 1.82) is 0 Å². The fourth-order valence-corrected chi connectivity index (χ4v) is 2.83. The lowest BCUT2D eigenvalue weighted by atomic mass is 10.0. The fraction of sp³-hybridized carbons (Fsp3) is 0.467. The SMILES string of the molecule is CCNC(c1ccc(OC(C)C)cc1)c1snnc1C. The van der Waals surface area contributed by atoms with Crippen LogP contribution < -0.4 is 10.1 Å². The second-order valence-electron chi connectivity index (χ2n) is 4.95. The summed E-state index contributed by atoms with van der Waals surface area (Å²) in [5.41, 5.74) is 2.19. The number of hydrogen-bond acceptors (Lipinski definition) is 5. The predicted octanol–water partition coefficient (Wildman–Crippen LogP) is 3.33. The van der Waals surface area contributed by atoms with Crippen LogP contribution in [0, 0.1) is 6.92 Å². The van der Waals surface area contributed by atoms with Crippen LogP contribution in [-0.4, -0.2) is 22.2 Å². The molecule has 0 saturated carbocycles. The van der Waals surface area contributed by atoms with Crippen LogP contribution in [0.1, 0.15) is 42.9 Å². The van der Waals surface area contributed by atoms with E-state index < -0.39 is 0 Å². The average molecular weight is 291 g/mol. The van der Waals surface area contributed by atoms with Crippen molar-refractivity contribution in [1.82, 2.24) is 14.9 Å². The van der Waals surface area contributed by atoms with Crippen molar-refractivity contribution < 1.29 is 4.74 Å². The highest BCUT2D eigenvalue weighted by Crippen LogP contribution is 2.28. The lowest BCUT2D eigenvalue weighted by Gasteiger charge is -2.18. The molecule has 5 heteroatoms. The van der Waals surface area contributed by atoms with E-state index in [1.807, 2.05) is 32.9 Å². The molecule has 2 rings (SSSR count). The molecule has 0 amide bonds. The van der Waals surface area contributed by atoms with Crippen molar-refractivity contribution in [3.63, 3.8) is 0 Å². The number of aryl methyl sites for hydroxylation is 1. The first kappa shape index (κ1) is 14.9. The van der Waals surface area contributed by atoms with Crippen LogP contribution >= 0.6 is 11.5 Å². The van der Waals surface area contributed by atoms with Gasteiger partial charge in [0.1, 0.15) is 5.75 Å². The minimum atomic E-state index is 0.146. The van der Waals surface area contributed by atoms with E-state index >= 15 is 0 Å². The van der Waals surface area contributed by atoms with Gasteiger partial charge in [-0.1, -0.05) is 23.5 Å². The van der Waals surface area contributed by atoms with Gasteiger partial charge >= 0.3 is 0 Å². The molecule has 4 nitrogen and oxygen atoms in total. The van der Waals surface area contributed by atoms with Gasteiger partial charge in [-0.3, -0.25) is 0 Å². The molecule has 1 heterocycles. The van der Waals surface area contributed by atoms with E-state index in [1.54, 1.807) is 0 Å². The van der Waals surface area contributed by atoms with Crippen LogP contribution in [0.3, 0.4) is 0 Å². The maximum atomic E-state index is 5.68. The van der Waals surface area contributed by atoms with Crippen LogP contribution in [0.15, 0.2) is 24.3 Å². The van der Waals surface area contributed by atoms with Gasteiger partial charge in [-0.25, -0.2) is 0 Å². The van der Waals surface area contributed by atoms with Crippen LogP contribution in [-0.2, 0) is 0 Å². The third-order valence-corrected chi connectivity index (χ3v) is 3.83. The highest BCUT2D eigenvalue weighted by Gasteiger charge is 2.18. The van der Waals surface area contributed by atoms with Crippen LogP contribution in [0.25, 0.3) is 0 Å². The van der Waals surface area contributed by atoms with Gasteiger partial charge in [-0.05, 0) is 56.5 Å². The zero-order chi connectivity index (χ0) is 14.5. The molecule has 1 atom stereocenters. The lowest BCUT2D eigenvalue weighted by Crippen LogP contribution is -2.21. The molecule has 108 valence electrons. The minimum Gasteiger partial charge on any atom is -0.491 e. The topological polar surface area (TPSA) is 47.0 Å². The molecule has 0 spiro atoms. The molecule has 1 aromatic carbocycles. The van der Waals surface area contributed by atoms with E-state index in [0.717, 1.165) is 18.0 Å². The van der Waals surface area contributed by atoms with Crippen molar-refractivity contribution in [2.75, 3.05) is 6.54 Å². The standard InChI is InChI=1S/C15H21N3OS/c1-5-16-14(15-11(4)17-18-20-15)12-6-8-13(9-7-12)19-10(2)3/h6-10,14,16H,5H2,1-4H3. The molecule has 0 bridgehead atoms. The summed E-state index contributed by atoms with van der Waals surface area (Å²) in [5, 5.41) is 7.60. The molecule has 0 fully saturated rings. The number of hydrogen-bond donors (Lipinski definition) is 1. The largest absolute Gasteiger partial charge is 0.491 e. The molecule has 20 heavy (non-hydrogen) atoms. The summed E-state index contributed by atoms with van der Waals surface area (Å²) in [6, 6.07) is 8.38. The summed E-state index contributed by atoms with van der Waals surface area (Å²) in [7, 11) is 0. The second-order valence-corrected chi connectivity index (χ2v) is 5.73. The number of nitrogens with one attached hydrogen (secondary N) is 1. The van der Waals surface area contributed by atoms with Crippen molar-refractivity contribution in [2.24, 2.45) is 0 Å². The third kappa shape index (κ3) is 3.55. The first-order chi connectivity index (χ1) is 9.61. The first-order valence-electron chi connectivity index (χ1n) is 6.90. The van der Waals surface area contributed by atoms with Gasteiger partial charge in [-0.15, -0.1) is 5.10 Å². The molecule has 1 aromatic heterocycles. The number of benzene rings is 1. The Labute approximate surface area is 124 Å². The van der Waals surface area contributed by atoms with Crippen LogP contribution in [0.4, 0.5) is 0 Å². The Morgan fingerprint density at radius 2 is 1.95 bits per heavy atom. The zero-order valence-corrected chi connectivity index (χ0v) is 13.2. The van der Waals surface area contributed by atoms with Crippen molar-refractivity contribution >= 4 is 11.5 Å². The third-order valence-electron chi connectivity index (χ3n) is 2.94. The van der Waals surface area contributed by atoms with Crippen molar-refractivity contribution in [3.8, 4) is 5.75 Å². The molecule has 0 saturated heterocycles. The quantitative estimate of drug-likeness (QED) is 0.887. The lowest BCUT2D eigenvalue weighted by molar-refractivity contribution is 0.242. The van der Waals surface area contributed by atoms with Gasteiger partial charge in [0.15, 0.2) is 0 Å². The molecule has 1 N–H and O–H groups in total. The second kappa shape index (κ2) is 6.81. The Hall–Kier alpha value is -1.46. The van der Waals surface area contributed by atoms with Crippen LogP contribution in [0.5, 0.6) is 5.75 Å². The van der Waals surface area contributed by atoms with Gasteiger partial charge in [0.25, 0.3) is 0 Å². The molecule has 0 aliphatic rings. The Bertz CT molecular complexity index is 536. The summed E-state index contributed by atoms with van der Waals surface area (Å²) in [6.45, 7) is 9.06. The highest BCUT2D eigenvalue weighted by molar-refractivity contribution is 7.05. The van der Waals surface area contributed by atoms with Gasteiger partial charge in [0, 0.05) is 0 Å². The summed E-state index contributed by atoms with van der Waals surface area (Å²) in [6.07, 6.45) is 0.193. The number of nitrogens with zero attached hydrogens (tertiary/aromatic N) is 2. The van der Waals surface area contributed by atoms with Gasteiger partial charge in [0.2, 0.25) is 0 Å². The summed E-state index contributed by atoms with van der Waals surface area (Å²) < 4.78 is 9.72. The Kier molecular flexibility index (Phi) is 5.09. The van der Waals surface area contributed by atoms with Crippen molar-refractivity contribution in [3.05, 3.63) is 40.4 Å². The minimum absolute atomic E-state index is 0.146. The van der Waals surface area contributed by atoms with E-state index in [4.69, 9.17) is 4.74 Å². The normalized spacial score (nSPS) is 12.7. The molecule has 0 aliphatic heterocycles. The maximum absolute atomic E-state index is 5.68. The number of aromatic nitrogens is 2. The number of ether oxygens (including phenoxy) is 1. The van der Waals surface area contributed by atoms with E-state index in [9.17, 15) is 0 Å². The Morgan fingerprint density at radius 3 is 2.45 bits per heavy atom. The van der Waals surface area contributed by atoms with E-state index in [0.29, 0.717) is 0 Å². The molecular formula is C15H21N3OS. The van der Waals surface area contributed by atoms with Crippen molar-refractivity contribution in [2.45, 2.75) is 39.8 Å². The van der Waals surface area contributed by atoms with Crippen LogP contribution in [0.2, 0.25) is 0 Å². The van der Waals surface area contributed by atoms with Gasteiger partial charge < -0.3 is 10.1 Å². The predicted molar refractivity (Wildman–Crippen MR) is 82.4 cm³/mol. The maximum Gasteiger partial charge on any atom is 0.119 e. The molecule has 0 radical (unpaired) electrons. The fourth-order valence-electron chi connectivity index (χ4n) is 2.08. The van der Waals surface area contributed by atoms with Gasteiger partial charge in [0.05, 0.1) is 22.7 Å². The van der Waals surface area contributed by atoms with E-state index in [2.05, 4.69) is 34.0 Å². The first-order valence-corrected chi connectivity index (χ1v) is 7.68. The van der Waals surface area contributed by atoms with Gasteiger partial charge in [-0.2, -0.15) is 0 Å². The van der Waals surface area contributed by atoms with E-state index in [1.165, 1.54) is 22.0 Å².